The van der Waals surface area contributed by atoms with Gasteiger partial charge in [-0.2, -0.15) is 0 Å². The maximum absolute atomic E-state index is 13.8. The molecule has 6 nitrogen and oxygen atoms in total. The second kappa shape index (κ2) is 9.78. The molecule has 0 unspecified atom stereocenters. The highest BCUT2D eigenvalue weighted by Gasteiger charge is 2.19. The van der Waals surface area contributed by atoms with Gasteiger partial charge >= 0.3 is 11.8 Å². The zero-order valence-electron chi connectivity index (χ0n) is 14.3. The van der Waals surface area contributed by atoms with Gasteiger partial charge in [0, 0.05) is 39.3 Å². The number of carbonyl (C=O) groups excluding carboxylic acids is 2. The molecule has 0 aliphatic carbocycles. The van der Waals surface area contributed by atoms with Crippen LogP contribution in [0.1, 0.15) is 6.42 Å². The second-order valence-corrected chi connectivity index (χ2v) is 5.89. The molecule has 1 aromatic carbocycles. The van der Waals surface area contributed by atoms with Crippen molar-refractivity contribution in [3.63, 3.8) is 0 Å². The van der Waals surface area contributed by atoms with E-state index in [0.29, 0.717) is 12.2 Å². The third-order valence-electron chi connectivity index (χ3n) is 4.12. The number of halogens is 1. The Kier molecular flexibility index (Phi) is 7.40. The Bertz CT molecular complexity index is 600. The van der Waals surface area contributed by atoms with Gasteiger partial charge in [0.1, 0.15) is 5.82 Å². The van der Waals surface area contributed by atoms with E-state index >= 15 is 0 Å². The maximum atomic E-state index is 13.8. The van der Waals surface area contributed by atoms with E-state index in [-0.39, 0.29) is 12.4 Å². The number of nitrogens with one attached hydrogen (secondary N) is 2. The summed E-state index contributed by atoms with van der Waals surface area (Å²) in [7, 11) is 0. The average molecular weight is 348 g/mol. The van der Waals surface area contributed by atoms with E-state index in [2.05, 4.69) is 27.0 Å². The molecule has 7 heteroatoms. The van der Waals surface area contributed by atoms with Crippen molar-refractivity contribution in [1.82, 2.24) is 15.5 Å². The van der Waals surface area contributed by atoms with Crippen LogP contribution in [0.3, 0.4) is 0 Å². The van der Waals surface area contributed by atoms with Gasteiger partial charge in [0.05, 0.1) is 5.69 Å². The molecule has 0 bridgehead atoms. The summed E-state index contributed by atoms with van der Waals surface area (Å²) in [6.07, 6.45) is 2.28. The highest BCUT2D eigenvalue weighted by molar-refractivity contribution is 6.35. The number of rotatable bonds is 7. The lowest BCUT2D eigenvalue weighted by Gasteiger charge is -2.36. The zero-order chi connectivity index (χ0) is 18.1. The number of nitrogens with zero attached hydrogens (tertiary/aromatic N) is 2. The van der Waals surface area contributed by atoms with Gasteiger partial charge in [-0.05, 0) is 25.1 Å². The predicted octanol–water partition coefficient (Wildman–Crippen LogP) is 0.756. The molecule has 2 rings (SSSR count). The first-order valence-electron chi connectivity index (χ1n) is 8.50. The van der Waals surface area contributed by atoms with Crippen LogP contribution >= 0.6 is 0 Å². The number of hydrogen-bond donors (Lipinski definition) is 2. The van der Waals surface area contributed by atoms with Crippen LogP contribution in [0.4, 0.5) is 10.1 Å². The molecule has 1 heterocycles. The van der Waals surface area contributed by atoms with Gasteiger partial charge in [-0.25, -0.2) is 4.39 Å². The van der Waals surface area contributed by atoms with E-state index in [1.807, 2.05) is 6.07 Å². The molecule has 1 fully saturated rings. The predicted molar refractivity (Wildman–Crippen MR) is 95.9 cm³/mol. The largest absolute Gasteiger partial charge is 0.367 e. The number of hydrogen-bond acceptors (Lipinski definition) is 4. The van der Waals surface area contributed by atoms with Crippen molar-refractivity contribution in [2.45, 2.75) is 6.42 Å². The van der Waals surface area contributed by atoms with E-state index in [9.17, 15) is 14.0 Å². The van der Waals surface area contributed by atoms with Gasteiger partial charge in [-0.3, -0.25) is 14.5 Å². The van der Waals surface area contributed by atoms with Crippen LogP contribution in [-0.4, -0.2) is 62.5 Å². The molecule has 2 amide bonds. The summed E-state index contributed by atoms with van der Waals surface area (Å²) in [5, 5.41) is 5.03. The first kappa shape index (κ1) is 18.9. The Hall–Kier alpha value is -2.41. The quantitative estimate of drug-likeness (QED) is 0.434. The number of carbonyl (C=O) groups is 2. The lowest BCUT2D eigenvalue weighted by molar-refractivity contribution is -0.139. The Morgan fingerprint density at radius 2 is 1.80 bits per heavy atom. The average Bonchev–Trinajstić information content (AvgIpc) is 2.64. The lowest BCUT2D eigenvalue weighted by atomic mass is 10.2. The van der Waals surface area contributed by atoms with E-state index in [0.717, 1.165) is 39.1 Å². The Morgan fingerprint density at radius 3 is 2.48 bits per heavy atom. The summed E-state index contributed by atoms with van der Waals surface area (Å²) in [4.78, 5) is 27.2. The van der Waals surface area contributed by atoms with Crippen LogP contribution in [0.5, 0.6) is 0 Å². The van der Waals surface area contributed by atoms with Crippen molar-refractivity contribution in [3.8, 4) is 0 Å². The van der Waals surface area contributed by atoms with E-state index in [4.69, 9.17) is 0 Å². The van der Waals surface area contributed by atoms with E-state index in [1.54, 1.807) is 12.1 Å². The van der Waals surface area contributed by atoms with Gasteiger partial charge in [-0.15, -0.1) is 6.58 Å². The standard InChI is InChI=1S/C18H25FN4O2/c1-2-8-20-17(24)18(25)21-9-5-10-22-11-13-23(14-12-22)16-7-4-3-6-15(16)19/h2-4,6-7H,1,5,8-14H2,(H,20,24)(H,21,25). The van der Waals surface area contributed by atoms with Crippen molar-refractivity contribution in [2.24, 2.45) is 0 Å². The van der Waals surface area contributed by atoms with Crippen molar-refractivity contribution in [1.29, 1.82) is 0 Å². The van der Waals surface area contributed by atoms with Crippen LogP contribution < -0.4 is 15.5 Å². The first-order valence-corrected chi connectivity index (χ1v) is 8.50. The minimum Gasteiger partial charge on any atom is -0.367 e. The van der Waals surface area contributed by atoms with E-state index < -0.39 is 11.8 Å². The Labute approximate surface area is 147 Å². The first-order chi connectivity index (χ1) is 12.1. The molecule has 0 aromatic heterocycles. The molecule has 1 aliphatic rings. The van der Waals surface area contributed by atoms with Crippen LogP contribution in [0.15, 0.2) is 36.9 Å². The Balaban J connectivity index is 1.63. The number of anilines is 1. The lowest BCUT2D eigenvalue weighted by Crippen LogP contribution is -2.47. The van der Waals surface area contributed by atoms with Crippen LogP contribution in [0.25, 0.3) is 0 Å². The van der Waals surface area contributed by atoms with Crippen LogP contribution in [0, 0.1) is 5.82 Å². The summed E-state index contributed by atoms with van der Waals surface area (Å²) in [6.45, 7) is 8.28. The minimum atomic E-state index is -0.640. The van der Waals surface area contributed by atoms with Gasteiger partial charge in [-0.1, -0.05) is 18.2 Å². The summed E-state index contributed by atoms with van der Waals surface area (Å²) >= 11 is 0. The fourth-order valence-corrected chi connectivity index (χ4v) is 2.75. The third kappa shape index (κ3) is 5.86. The molecular weight excluding hydrogens is 323 g/mol. The van der Waals surface area contributed by atoms with Crippen LogP contribution in [-0.2, 0) is 9.59 Å². The maximum Gasteiger partial charge on any atom is 0.309 e. The van der Waals surface area contributed by atoms with Crippen molar-refractivity contribution in [3.05, 3.63) is 42.7 Å². The van der Waals surface area contributed by atoms with Crippen LogP contribution in [0.2, 0.25) is 0 Å². The molecule has 1 aromatic rings. The normalized spacial score (nSPS) is 14.8. The summed E-state index contributed by atoms with van der Waals surface area (Å²) < 4.78 is 13.8. The topological polar surface area (TPSA) is 64.7 Å². The highest BCUT2D eigenvalue weighted by Crippen LogP contribution is 2.20. The minimum absolute atomic E-state index is 0.187. The third-order valence-corrected chi connectivity index (χ3v) is 4.12. The molecule has 1 saturated heterocycles. The second-order valence-electron chi connectivity index (χ2n) is 5.89. The molecular formula is C18H25FN4O2. The summed E-state index contributed by atoms with van der Waals surface area (Å²) in [5.41, 5.74) is 0.653. The molecule has 0 radical (unpaired) electrons. The summed E-state index contributed by atoms with van der Waals surface area (Å²) in [6, 6.07) is 6.83. The zero-order valence-corrected chi connectivity index (χ0v) is 14.3. The SMILES string of the molecule is C=CCNC(=O)C(=O)NCCCN1CCN(c2ccccc2F)CC1. The van der Waals surface area contributed by atoms with Crippen molar-refractivity contribution >= 4 is 17.5 Å². The molecule has 0 atom stereocenters. The van der Waals surface area contributed by atoms with Gasteiger partial charge in [0.25, 0.3) is 0 Å². The fourth-order valence-electron chi connectivity index (χ4n) is 2.75. The molecule has 25 heavy (non-hydrogen) atoms. The van der Waals surface area contributed by atoms with Gasteiger partial charge in [0.15, 0.2) is 0 Å². The Morgan fingerprint density at radius 1 is 1.12 bits per heavy atom. The summed E-state index contributed by atoms with van der Waals surface area (Å²) in [5.74, 6) is -1.45. The van der Waals surface area contributed by atoms with Gasteiger partial charge < -0.3 is 15.5 Å². The molecule has 0 spiro atoms. The molecule has 2 N–H and O–H groups in total. The van der Waals surface area contributed by atoms with Gasteiger partial charge in [0.2, 0.25) is 0 Å². The smallest absolute Gasteiger partial charge is 0.309 e. The highest BCUT2D eigenvalue weighted by atomic mass is 19.1. The monoisotopic (exact) mass is 348 g/mol. The number of piperazine rings is 1. The fraction of sp³-hybridized carbons (Fsp3) is 0.444. The number of amides is 2. The van der Waals surface area contributed by atoms with Crippen molar-refractivity contribution in [2.75, 3.05) is 50.7 Å². The number of benzene rings is 1. The molecule has 1 aliphatic heterocycles. The molecule has 0 saturated carbocycles. The van der Waals surface area contributed by atoms with Crippen molar-refractivity contribution < 1.29 is 14.0 Å². The number of para-hydroxylation sites is 1. The molecule has 136 valence electrons. The van der Waals surface area contributed by atoms with E-state index in [1.165, 1.54) is 12.1 Å².